The van der Waals surface area contributed by atoms with E-state index in [1.165, 1.54) is 0 Å². The number of nitrogens with one attached hydrogen (secondary N) is 2. The number of aliphatic hydroxyl groups is 1. The van der Waals surface area contributed by atoms with E-state index >= 15 is 0 Å². The highest BCUT2D eigenvalue weighted by atomic mass is 16.5. The van der Waals surface area contributed by atoms with Crippen molar-refractivity contribution in [3.63, 3.8) is 0 Å². The normalized spacial score (nSPS) is 14.4. The van der Waals surface area contributed by atoms with Crippen LogP contribution >= 0.6 is 0 Å². The van der Waals surface area contributed by atoms with E-state index in [0.29, 0.717) is 13.2 Å². The van der Waals surface area contributed by atoms with Crippen molar-refractivity contribution in [3.8, 4) is 5.75 Å². The van der Waals surface area contributed by atoms with Gasteiger partial charge < -0.3 is 20.5 Å². The molecule has 0 fully saturated rings. The highest BCUT2D eigenvalue weighted by Crippen LogP contribution is 2.27. The van der Waals surface area contributed by atoms with Gasteiger partial charge in [0.1, 0.15) is 5.75 Å². The zero-order valence-electron chi connectivity index (χ0n) is 11.1. The molecule has 5 heteroatoms. The minimum atomic E-state index is -0.696. The minimum absolute atomic E-state index is 0.204. The fraction of sp³-hybridized carbons (Fsp3) is 0.500. The maximum absolute atomic E-state index is 11.4. The zero-order valence-corrected chi connectivity index (χ0v) is 11.1. The van der Waals surface area contributed by atoms with Crippen LogP contribution in [-0.2, 0) is 6.42 Å². The van der Waals surface area contributed by atoms with Gasteiger partial charge in [-0.1, -0.05) is 13.0 Å². The molecule has 0 spiro atoms. The summed E-state index contributed by atoms with van der Waals surface area (Å²) in [5, 5.41) is 15.4. The van der Waals surface area contributed by atoms with Crippen molar-refractivity contribution in [2.45, 2.75) is 25.9 Å². The summed E-state index contributed by atoms with van der Waals surface area (Å²) in [6, 6.07) is 5.40. The molecule has 1 atom stereocenters. The second-order valence-electron chi connectivity index (χ2n) is 4.62. The number of urea groups is 1. The number of fused-ring (bicyclic) bond motifs is 1. The molecule has 19 heavy (non-hydrogen) atoms. The molecule has 0 aliphatic carbocycles. The Bertz CT molecular complexity index is 448. The number of amides is 2. The van der Waals surface area contributed by atoms with Crippen LogP contribution in [0.5, 0.6) is 5.75 Å². The predicted octanol–water partition coefficient (Wildman–Crippen LogP) is 1.36. The summed E-state index contributed by atoms with van der Waals surface area (Å²) >= 11 is 0. The van der Waals surface area contributed by atoms with Crippen molar-refractivity contribution >= 4 is 6.03 Å². The van der Waals surface area contributed by atoms with Gasteiger partial charge in [0.05, 0.1) is 12.7 Å². The molecule has 1 aliphatic heterocycles. The molecule has 0 bridgehead atoms. The van der Waals surface area contributed by atoms with Gasteiger partial charge in [0.2, 0.25) is 0 Å². The summed E-state index contributed by atoms with van der Waals surface area (Å²) in [4.78, 5) is 11.4. The van der Waals surface area contributed by atoms with Crippen LogP contribution in [0.15, 0.2) is 18.2 Å². The smallest absolute Gasteiger partial charge is 0.314 e. The Morgan fingerprint density at radius 3 is 3.11 bits per heavy atom. The molecule has 104 valence electrons. The van der Waals surface area contributed by atoms with E-state index in [4.69, 9.17) is 4.74 Å². The molecule has 1 heterocycles. The van der Waals surface area contributed by atoms with Crippen molar-refractivity contribution in [3.05, 3.63) is 29.3 Å². The monoisotopic (exact) mass is 264 g/mol. The number of carbonyl (C=O) groups is 1. The van der Waals surface area contributed by atoms with E-state index in [2.05, 4.69) is 10.6 Å². The topological polar surface area (TPSA) is 70.6 Å². The van der Waals surface area contributed by atoms with Gasteiger partial charge in [0, 0.05) is 19.5 Å². The van der Waals surface area contributed by atoms with Crippen LogP contribution in [0.4, 0.5) is 4.79 Å². The first-order valence-electron chi connectivity index (χ1n) is 6.66. The highest BCUT2D eigenvalue weighted by molar-refractivity contribution is 5.73. The molecule has 1 aromatic rings. The van der Waals surface area contributed by atoms with E-state index < -0.39 is 6.10 Å². The highest BCUT2D eigenvalue weighted by Gasteiger charge is 2.15. The fourth-order valence-corrected chi connectivity index (χ4v) is 2.02. The van der Waals surface area contributed by atoms with Crippen molar-refractivity contribution < 1.29 is 14.6 Å². The SMILES string of the molecule is CCCNC(=O)NCC(O)c1ccc2c(c1)CCO2. The van der Waals surface area contributed by atoms with Crippen LogP contribution in [0.3, 0.4) is 0 Å². The molecule has 1 unspecified atom stereocenters. The van der Waals surface area contributed by atoms with Gasteiger partial charge in [0.15, 0.2) is 0 Å². The summed E-state index contributed by atoms with van der Waals surface area (Å²) in [5.74, 6) is 0.893. The summed E-state index contributed by atoms with van der Waals surface area (Å²) in [6.07, 6.45) is 1.07. The van der Waals surface area contributed by atoms with Gasteiger partial charge in [-0.25, -0.2) is 4.79 Å². The van der Waals surface area contributed by atoms with E-state index in [0.717, 1.165) is 29.7 Å². The Morgan fingerprint density at radius 2 is 2.32 bits per heavy atom. The molecular weight excluding hydrogens is 244 g/mol. The van der Waals surface area contributed by atoms with E-state index in [1.807, 2.05) is 25.1 Å². The van der Waals surface area contributed by atoms with Gasteiger partial charge >= 0.3 is 6.03 Å². The van der Waals surface area contributed by atoms with Crippen LogP contribution in [0.2, 0.25) is 0 Å². The van der Waals surface area contributed by atoms with Gasteiger partial charge in [-0.3, -0.25) is 0 Å². The van der Waals surface area contributed by atoms with E-state index in [9.17, 15) is 9.90 Å². The lowest BCUT2D eigenvalue weighted by molar-refractivity contribution is 0.173. The standard InChI is InChI=1S/C14H20N2O3/c1-2-6-15-14(18)16-9-12(17)10-3-4-13-11(8-10)5-7-19-13/h3-4,8,12,17H,2,5-7,9H2,1H3,(H2,15,16,18). The fourth-order valence-electron chi connectivity index (χ4n) is 2.02. The molecule has 2 rings (SSSR count). The number of ether oxygens (including phenoxy) is 1. The predicted molar refractivity (Wildman–Crippen MR) is 72.3 cm³/mol. The van der Waals surface area contributed by atoms with E-state index in [1.54, 1.807) is 0 Å². The average molecular weight is 264 g/mol. The Kier molecular flexibility index (Phi) is 4.63. The number of hydrogen-bond donors (Lipinski definition) is 3. The summed E-state index contributed by atoms with van der Waals surface area (Å²) in [7, 11) is 0. The first kappa shape index (κ1) is 13.7. The molecule has 1 aliphatic rings. The average Bonchev–Trinajstić information content (AvgIpc) is 2.89. The molecular formula is C14H20N2O3. The van der Waals surface area contributed by atoms with Crippen LogP contribution in [0.1, 0.15) is 30.6 Å². The third-order valence-corrected chi connectivity index (χ3v) is 3.09. The quantitative estimate of drug-likeness (QED) is 0.752. The van der Waals surface area contributed by atoms with Crippen molar-refractivity contribution in [1.29, 1.82) is 0 Å². The Balaban J connectivity index is 1.86. The molecule has 3 N–H and O–H groups in total. The maximum Gasteiger partial charge on any atom is 0.314 e. The minimum Gasteiger partial charge on any atom is -0.493 e. The maximum atomic E-state index is 11.4. The van der Waals surface area contributed by atoms with Crippen LogP contribution in [0.25, 0.3) is 0 Å². The molecule has 0 radical (unpaired) electrons. The van der Waals surface area contributed by atoms with Gasteiger partial charge in [-0.05, 0) is 29.7 Å². The number of rotatable bonds is 5. The van der Waals surface area contributed by atoms with Gasteiger partial charge in [-0.2, -0.15) is 0 Å². The second-order valence-corrected chi connectivity index (χ2v) is 4.62. The number of carbonyl (C=O) groups excluding carboxylic acids is 1. The molecule has 5 nitrogen and oxygen atoms in total. The van der Waals surface area contributed by atoms with Crippen molar-refractivity contribution in [1.82, 2.24) is 10.6 Å². The lowest BCUT2D eigenvalue weighted by Crippen LogP contribution is -2.38. The molecule has 0 aromatic heterocycles. The molecule has 0 saturated heterocycles. The second kappa shape index (κ2) is 6.43. The van der Waals surface area contributed by atoms with Crippen LogP contribution in [0, 0.1) is 0 Å². The largest absolute Gasteiger partial charge is 0.493 e. The van der Waals surface area contributed by atoms with Gasteiger partial charge in [0.25, 0.3) is 0 Å². The number of benzene rings is 1. The zero-order chi connectivity index (χ0) is 13.7. The Morgan fingerprint density at radius 1 is 1.47 bits per heavy atom. The first-order chi connectivity index (χ1) is 9.20. The lowest BCUT2D eigenvalue weighted by atomic mass is 10.0. The van der Waals surface area contributed by atoms with Gasteiger partial charge in [-0.15, -0.1) is 0 Å². The van der Waals surface area contributed by atoms with Crippen molar-refractivity contribution in [2.24, 2.45) is 0 Å². The lowest BCUT2D eigenvalue weighted by Gasteiger charge is -2.13. The molecule has 0 saturated carbocycles. The molecule has 2 amide bonds. The third kappa shape index (κ3) is 3.61. The van der Waals surface area contributed by atoms with Crippen LogP contribution in [-0.4, -0.2) is 30.8 Å². The Labute approximate surface area is 113 Å². The van der Waals surface area contributed by atoms with E-state index in [-0.39, 0.29) is 12.6 Å². The Hall–Kier alpha value is -1.75. The number of aliphatic hydroxyl groups excluding tert-OH is 1. The summed E-state index contributed by atoms with van der Waals surface area (Å²) in [5.41, 5.74) is 1.92. The third-order valence-electron chi connectivity index (χ3n) is 3.09. The van der Waals surface area contributed by atoms with Crippen molar-refractivity contribution in [2.75, 3.05) is 19.7 Å². The summed E-state index contributed by atoms with van der Waals surface area (Å²) in [6.45, 7) is 3.53. The number of hydrogen-bond acceptors (Lipinski definition) is 3. The molecule has 1 aromatic carbocycles. The summed E-state index contributed by atoms with van der Waals surface area (Å²) < 4.78 is 5.41. The van der Waals surface area contributed by atoms with Crippen LogP contribution < -0.4 is 15.4 Å². The first-order valence-corrected chi connectivity index (χ1v) is 6.66.